The SMILES string of the molecule is Cc1cc(S(=O)(=O)N2C[C@@H]3COCC[C@]3(CO)C2)c(C)cc1Cl. The molecule has 2 atom stereocenters. The number of aliphatic hydroxyl groups excluding tert-OH is 1. The van der Waals surface area contributed by atoms with E-state index in [2.05, 4.69) is 0 Å². The topological polar surface area (TPSA) is 66.8 Å². The van der Waals surface area contributed by atoms with Gasteiger partial charge in [0.05, 0.1) is 18.1 Å². The maximum Gasteiger partial charge on any atom is 0.243 e. The summed E-state index contributed by atoms with van der Waals surface area (Å²) in [5.74, 6) is 0.0460. The van der Waals surface area contributed by atoms with Crippen LogP contribution >= 0.6 is 11.6 Å². The molecule has 2 saturated heterocycles. The molecule has 0 unspecified atom stereocenters. The number of rotatable bonds is 3. The fourth-order valence-electron chi connectivity index (χ4n) is 3.61. The van der Waals surface area contributed by atoms with E-state index in [0.29, 0.717) is 48.2 Å². The number of fused-ring (bicyclic) bond motifs is 1. The molecule has 2 aliphatic rings. The van der Waals surface area contributed by atoms with Crippen molar-refractivity contribution in [2.45, 2.75) is 25.2 Å². The summed E-state index contributed by atoms with van der Waals surface area (Å²) in [6.45, 7) is 5.37. The monoisotopic (exact) mass is 359 g/mol. The number of nitrogens with zero attached hydrogens (tertiary/aromatic N) is 1. The van der Waals surface area contributed by atoms with Crippen LogP contribution in [-0.2, 0) is 14.8 Å². The minimum absolute atomic E-state index is 0.00826. The van der Waals surface area contributed by atoms with Gasteiger partial charge in [0, 0.05) is 36.1 Å². The fourth-order valence-corrected chi connectivity index (χ4v) is 5.70. The number of ether oxygens (including phenoxy) is 1. The van der Waals surface area contributed by atoms with Crippen molar-refractivity contribution >= 4 is 21.6 Å². The number of sulfonamides is 1. The van der Waals surface area contributed by atoms with Gasteiger partial charge in [-0.2, -0.15) is 4.31 Å². The Kier molecular flexibility index (Phi) is 4.48. The van der Waals surface area contributed by atoms with Crippen molar-refractivity contribution in [2.75, 3.05) is 32.9 Å². The second-order valence-corrected chi connectivity index (χ2v) is 9.02. The predicted molar refractivity (Wildman–Crippen MR) is 88.1 cm³/mol. The fraction of sp³-hybridized carbons (Fsp3) is 0.625. The minimum Gasteiger partial charge on any atom is -0.396 e. The highest BCUT2D eigenvalue weighted by Crippen LogP contribution is 2.44. The third-order valence-corrected chi connectivity index (χ3v) is 7.59. The zero-order valence-corrected chi connectivity index (χ0v) is 15.0. The van der Waals surface area contributed by atoms with E-state index >= 15 is 0 Å². The highest BCUT2D eigenvalue weighted by atomic mass is 35.5. The smallest absolute Gasteiger partial charge is 0.243 e. The molecule has 1 aromatic carbocycles. The Morgan fingerprint density at radius 3 is 2.78 bits per heavy atom. The van der Waals surface area contributed by atoms with E-state index in [1.54, 1.807) is 26.0 Å². The Morgan fingerprint density at radius 1 is 1.39 bits per heavy atom. The lowest BCUT2D eigenvalue weighted by atomic mass is 9.75. The molecule has 0 aromatic heterocycles. The van der Waals surface area contributed by atoms with Gasteiger partial charge in [0.15, 0.2) is 0 Å². The quantitative estimate of drug-likeness (QED) is 0.896. The zero-order valence-electron chi connectivity index (χ0n) is 13.4. The molecule has 1 N–H and O–H groups in total. The van der Waals surface area contributed by atoms with E-state index in [9.17, 15) is 13.5 Å². The number of aliphatic hydroxyl groups is 1. The second kappa shape index (κ2) is 6.01. The third-order valence-electron chi connectivity index (χ3n) is 5.23. The molecule has 0 amide bonds. The van der Waals surface area contributed by atoms with Crippen LogP contribution in [-0.4, -0.2) is 50.7 Å². The number of halogens is 1. The van der Waals surface area contributed by atoms with Crippen LogP contribution < -0.4 is 0 Å². The molecule has 0 radical (unpaired) electrons. The van der Waals surface area contributed by atoms with E-state index in [1.807, 2.05) is 0 Å². The Morgan fingerprint density at radius 2 is 2.13 bits per heavy atom. The number of benzene rings is 1. The summed E-state index contributed by atoms with van der Waals surface area (Å²) in [5.41, 5.74) is 1.01. The van der Waals surface area contributed by atoms with Crippen molar-refractivity contribution in [2.24, 2.45) is 11.3 Å². The van der Waals surface area contributed by atoms with Crippen LogP contribution in [0.1, 0.15) is 17.5 Å². The second-order valence-electron chi connectivity index (χ2n) is 6.71. The van der Waals surface area contributed by atoms with Crippen LogP contribution in [0.25, 0.3) is 0 Å². The molecule has 2 heterocycles. The normalized spacial score (nSPS) is 28.8. The highest BCUT2D eigenvalue weighted by molar-refractivity contribution is 7.89. The lowest BCUT2D eigenvalue weighted by molar-refractivity contribution is -0.0414. The van der Waals surface area contributed by atoms with Gasteiger partial charge in [-0.05, 0) is 43.5 Å². The maximum atomic E-state index is 13.1. The number of hydrogen-bond acceptors (Lipinski definition) is 4. The van der Waals surface area contributed by atoms with Gasteiger partial charge in [0.2, 0.25) is 10.0 Å². The first-order valence-electron chi connectivity index (χ1n) is 7.76. The Labute approximate surface area is 142 Å². The minimum atomic E-state index is -3.61. The van der Waals surface area contributed by atoms with E-state index in [1.165, 1.54) is 4.31 Å². The van der Waals surface area contributed by atoms with Crippen LogP contribution in [0.4, 0.5) is 0 Å². The predicted octanol–water partition coefficient (Wildman–Crippen LogP) is 1.98. The van der Waals surface area contributed by atoms with Gasteiger partial charge in [-0.3, -0.25) is 0 Å². The first-order chi connectivity index (χ1) is 10.8. The maximum absolute atomic E-state index is 13.1. The van der Waals surface area contributed by atoms with Crippen molar-refractivity contribution in [1.82, 2.24) is 4.31 Å². The molecule has 0 spiro atoms. The molecule has 0 aliphatic carbocycles. The summed E-state index contributed by atoms with van der Waals surface area (Å²) < 4.78 is 33.1. The van der Waals surface area contributed by atoms with Crippen molar-refractivity contribution in [3.63, 3.8) is 0 Å². The molecule has 7 heteroatoms. The first-order valence-corrected chi connectivity index (χ1v) is 9.57. The van der Waals surface area contributed by atoms with E-state index in [-0.39, 0.29) is 17.9 Å². The summed E-state index contributed by atoms with van der Waals surface area (Å²) in [4.78, 5) is 0.298. The van der Waals surface area contributed by atoms with E-state index in [4.69, 9.17) is 16.3 Å². The lowest BCUT2D eigenvalue weighted by Crippen LogP contribution is -2.41. The molecule has 2 fully saturated rings. The molecule has 128 valence electrons. The first kappa shape index (κ1) is 17.2. The standard InChI is InChI=1S/C16H22ClNO4S/c1-11-6-15(12(2)5-14(11)17)23(20,21)18-7-13-8-22-4-3-16(13,9-18)10-19/h5-6,13,19H,3-4,7-10H2,1-2H3/t13-,16-/m1/s1. The Balaban J connectivity index is 1.97. The molecular weight excluding hydrogens is 338 g/mol. The van der Waals surface area contributed by atoms with Gasteiger partial charge < -0.3 is 9.84 Å². The summed E-state index contributed by atoms with van der Waals surface area (Å²) >= 11 is 6.08. The average molecular weight is 360 g/mol. The molecule has 0 saturated carbocycles. The largest absolute Gasteiger partial charge is 0.396 e. The third kappa shape index (κ3) is 2.81. The van der Waals surface area contributed by atoms with Gasteiger partial charge in [-0.1, -0.05) is 11.6 Å². The van der Waals surface area contributed by atoms with Crippen LogP contribution in [0.2, 0.25) is 5.02 Å². The molecule has 0 bridgehead atoms. The van der Waals surface area contributed by atoms with E-state index in [0.717, 1.165) is 5.56 Å². The van der Waals surface area contributed by atoms with Crippen LogP contribution in [0.5, 0.6) is 0 Å². The van der Waals surface area contributed by atoms with Gasteiger partial charge in [0.1, 0.15) is 0 Å². The van der Waals surface area contributed by atoms with Crippen LogP contribution in [0.3, 0.4) is 0 Å². The van der Waals surface area contributed by atoms with Gasteiger partial charge in [-0.25, -0.2) is 8.42 Å². The Hall–Kier alpha value is -0.660. The van der Waals surface area contributed by atoms with Crippen LogP contribution in [0, 0.1) is 25.2 Å². The van der Waals surface area contributed by atoms with Crippen molar-refractivity contribution in [3.8, 4) is 0 Å². The molecule has 5 nitrogen and oxygen atoms in total. The van der Waals surface area contributed by atoms with Crippen molar-refractivity contribution in [3.05, 3.63) is 28.3 Å². The van der Waals surface area contributed by atoms with Crippen molar-refractivity contribution < 1.29 is 18.3 Å². The number of aryl methyl sites for hydroxylation is 2. The van der Waals surface area contributed by atoms with Gasteiger partial charge in [-0.15, -0.1) is 0 Å². The van der Waals surface area contributed by atoms with Crippen molar-refractivity contribution in [1.29, 1.82) is 0 Å². The molecule has 23 heavy (non-hydrogen) atoms. The average Bonchev–Trinajstić information content (AvgIpc) is 2.91. The molecule has 3 rings (SSSR count). The molecule has 2 aliphatic heterocycles. The van der Waals surface area contributed by atoms with Gasteiger partial charge in [0.25, 0.3) is 0 Å². The summed E-state index contributed by atoms with van der Waals surface area (Å²) in [5, 5.41) is 10.4. The van der Waals surface area contributed by atoms with Gasteiger partial charge >= 0.3 is 0 Å². The molecular formula is C16H22ClNO4S. The summed E-state index contributed by atoms with van der Waals surface area (Å²) in [7, 11) is -3.61. The number of hydrogen-bond donors (Lipinski definition) is 1. The molecule has 1 aromatic rings. The summed E-state index contributed by atoms with van der Waals surface area (Å²) in [6, 6.07) is 3.33. The Bertz CT molecular complexity index is 721. The zero-order chi connectivity index (χ0) is 16.8. The van der Waals surface area contributed by atoms with E-state index < -0.39 is 10.0 Å². The van der Waals surface area contributed by atoms with Crippen LogP contribution in [0.15, 0.2) is 17.0 Å². The lowest BCUT2D eigenvalue weighted by Gasteiger charge is -2.36. The highest BCUT2D eigenvalue weighted by Gasteiger charge is 2.51. The summed E-state index contributed by atoms with van der Waals surface area (Å²) in [6.07, 6.45) is 0.693.